The van der Waals surface area contributed by atoms with Crippen LogP contribution in [0.4, 0.5) is 4.39 Å². The molecule has 35 heavy (non-hydrogen) atoms. The third-order valence-corrected chi connectivity index (χ3v) is 7.68. The summed E-state index contributed by atoms with van der Waals surface area (Å²) in [6, 6.07) is 16.5. The quantitative estimate of drug-likeness (QED) is 0.661. The highest BCUT2D eigenvalue weighted by Crippen LogP contribution is 2.51. The first kappa shape index (κ1) is 21.9. The first-order chi connectivity index (χ1) is 17.0. The topological polar surface area (TPSA) is 83.9 Å². The van der Waals surface area contributed by atoms with Crippen molar-refractivity contribution in [3.05, 3.63) is 88.3 Å². The summed E-state index contributed by atoms with van der Waals surface area (Å²) in [7, 11) is 1.76. The summed E-state index contributed by atoms with van der Waals surface area (Å²) in [5.41, 5.74) is 9.76. The zero-order valence-electron chi connectivity index (χ0n) is 19.6. The lowest BCUT2D eigenvalue weighted by atomic mass is 9.76. The number of allylic oxidation sites excluding steroid dienone is 4. The van der Waals surface area contributed by atoms with E-state index in [-0.39, 0.29) is 23.5 Å². The minimum absolute atomic E-state index is 0.0695. The molecule has 2 aromatic rings. The van der Waals surface area contributed by atoms with Gasteiger partial charge in [-0.3, -0.25) is 0 Å². The summed E-state index contributed by atoms with van der Waals surface area (Å²) in [6.07, 6.45) is 7.31. The summed E-state index contributed by atoms with van der Waals surface area (Å²) in [4.78, 5) is 11.1. The number of aliphatic imine (C=N–C) groups is 1. The molecular formula is C28H27FN4O2. The highest BCUT2D eigenvalue weighted by atomic mass is 19.1. The summed E-state index contributed by atoms with van der Waals surface area (Å²) < 4.78 is 20.6. The van der Waals surface area contributed by atoms with Crippen LogP contribution in [0, 0.1) is 11.3 Å². The Hall–Kier alpha value is -3.63. The lowest BCUT2D eigenvalue weighted by Crippen LogP contribution is -2.42. The zero-order valence-corrected chi connectivity index (χ0v) is 19.6. The van der Waals surface area contributed by atoms with Crippen LogP contribution in [0.15, 0.2) is 71.0 Å². The average molecular weight is 471 g/mol. The number of ether oxygens (including phenoxy) is 1. The molecule has 0 aromatic heterocycles. The predicted molar refractivity (Wildman–Crippen MR) is 130 cm³/mol. The number of hydroxylamine groups is 2. The highest BCUT2D eigenvalue weighted by molar-refractivity contribution is 5.78. The number of hydrogen-bond donors (Lipinski definition) is 1. The van der Waals surface area contributed by atoms with E-state index in [1.54, 1.807) is 13.1 Å². The van der Waals surface area contributed by atoms with Crippen molar-refractivity contribution in [2.24, 2.45) is 10.7 Å². The van der Waals surface area contributed by atoms with Gasteiger partial charge in [-0.05, 0) is 60.6 Å². The van der Waals surface area contributed by atoms with E-state index in [9.17, 15) is 9.65 Å². The van der Waals surface area contributed by atoms with E-state index < -0.39 is 11.6 Å². The largest absolute Gasteiger partial charge is 0.489 e. The number of nitrogens with two attached hydrogens (primary N) is 1. The second-order valence-electron chi connectivity index (χ2n) is 9.74. The number of guanidine groups is 1. The van der Waals surface area contributed by atoms with Crippen LogP contribution < -0.4 is 10.5 Å². The number of hydrogen-bond acceptors (Lipinski definition) is 6. The molecule has 2 aliphatic heterocycles. The Morgan fingerprint density at radius 3 is 2.91 bits per heavy atom. The Morgan fingerprint density at radius 1 is 1.26 bits per heavy atom. The molecule has 178 valence electrons. The van der Waals surface area contributed by atoms with Crippen LogP contribution in [-0.4, -0.2) is 24.2 Å². The van der Waals surface area contributed by atoms with Crippen molar-refractivity contribution in [1.82, 2.24) is 5.06 Å². The molecule has 4 aliphatic rings. The van der Waals surface area contributed by atoms with E-state index in [2.05, 4.69) is 24.3 Å². The Balaban J connectivity index is 1.41. The lowest BCUT2D eigenvalue weighted by molar-refractivity contribution is -0.192. The van der Waals surface area contributed by atoms with Crippen LogP contribution in [0.25, 0.3) is 0 Å². The van der Waals surface area contributed by atoms with Gasteiger partial charge in [-0.15, -0.1) is 0 Å². The van der Waals surface area contributed by atoms with E-state index in [0.29, 0.717) is 18.8 Å². The molecule has 2 unspecified atom stereocenters. The maximum absolute atomic E-state index is 14.0. The van der Waals surface area contributed by atoms with E-state index in [4.69, 9.17) is 20.3 Å². The molecule has 0 saturated carbocycles. The highest BCUT2D eigenvalue weighted by Gasteiger charge is 2.50. The Morgan fingerprint density at radius 2 is 2.11 bits per heavy atom. The van der Waals surface area contributed by atoms with Crippen LogP contribution in [0.5, 0.6) is 5.75 Å². The average Bonchev–Trinajstić information content (AvgIpc) is 3.16. The summed E-state index contributed by atoms with van der Waals surface area (Å²) >= 11 is 0. The molecule has 0 radical (unpaired) electrons. The van der Waals surface area contributed by atoms with Gasteiger partial charge >= 0.3 is 0 Å². The first-order valence-corrected chi connectivity index (χ1v) is 12.1. The van der Waals surface area contributed by atoms with Crippen molar-refractivity contribution in [2.45, 2.75) is 55.8 Å². The third kappa shape index (κ3) is 3.60. The zero-order chi connectivity index (χ0) is 24.2. The second-order valence-corrected chi connectivity index (χ2v) is 9.74. The van der Waals surface area contributed by atoms with Crippen molar-refractivity contribution >= 4 is 5.96 Å². The minimum atomic E-state index is -0.989. The van der Waals surface area contributed by atoms with Crippen molar-refractivity contribution in [2.75, 3.05) is 7.05 Å². The van der Waals surface area contributed by atoms with Crippen LogP contribution >= 0.6 is 0 Å². The van der Waals surface area contributed by atoms with Gasteiger partial charge in [0.25, 0.3) is 0 Å². The number of rotatable bonds is 2. The normalized spacial score (nSPS) is 29.3. The number of aryl methyl sites for hydroxylation is 1. The first-order valence-electron chi connectivity index (χ1n) is 12.1. The summed E-state index contributed by atoms with van der Waals surface area (Å²) in [6.45, 7) is 0. The number of nitrogens with zero attached hydrogens (tertiary/aromatic N) is 3. The molecule has 2 N–H and O–H groups in total. The summed E-state index contributed by atoms with van der Waals surface area (Å²) in [5.74, 6) is 0.704. The van der Waals surface area contributed by atoms with Gasteiger partial charge < -0.3 is 10.5 Å². The number of fused-ring (bicyclic) bond motifs is 3. The Labute approximate surface area is 204 Å². The van der Waals surface area contributed by atoms with E-state index in [1.165, 1.54) is 22.3 Å². The monoisotopic (exact) mass is 470 g/mol. The van der Waals surface area contributed by atoms with Crippen LogP contribution in [0.3, 0.4) is 0 Å². The SMILES string of the molecule is CN1O[C@@]2(C[C@@H](C3CCCc4ccccc43)Oc3ccc(C4C=C(C#N)C(F)=CC4)cc32)N=C1N. The number of halogens is 1. The third-order valence-electron chi connectivity index (χ3n) is 7.68. The molecular weight excluding hydrogens is 443 g/mol. The standard InChI is InChI=1S/C28H27FN4O2/c1-33-27(31)32-28(35-33)15-26(22-8-4-6-17-5-2-3-7-21(17)22)34-25-12-10-19(14-23(25)28)18-9-11-24(29)20(13-18)16-30/h2-3,5,7,10-14,18,22,26H,4,6,8-9,15H2,1H3,(H2,31,32)/t18?,22?,26-,28+/m0/s1. The van der Waals surface area contributed by atoms with Crippen molar-refractivity contribution in [3.63, 3.8) is 0 Å². The molecule has 2 heterocycles. The van der Waals surface area contributed by atoms with Gasteiger partial charge in [-0.2, -0.15) is 5.26 Å². The molecule has 4 atom stereocenters. The van der Waals surface area contributed by atoms with Crippen LogP contribution in [0.2, 0.25) is 0 Å². The van der Waals surface area contributed by atoms with E-state index >= 15 is 0 Å². The number of nitriles is 1. The van der Waals surface area contributed by atoms with Crippen molar-refractivity contribution in [3.8, 4) is 11.8 Å². The van der Waals surface area contributed by atoms with Gasteiger partial charge in [0, 0.05) is 25.3 Å². The van der Waals surface area contributed by atoms with Crippen LogP contribution in [-0.2, 0) is 17.0 Å². The predicted octanol–water partition coefficient (Wildman–Crippen LogP) is 5.09. The van der Waals surface area contributed by atoms with Crippen LogP contribution in [0.1, 0.15) is 59.8 Å². The molecule has 7 heteroatoms. The van der Waals surface area contributed by atoms with Gasteiger partial charge in [-0.1, -0.05) is 36.4 Å². The molecule has 0 bridgehead atoms. The maximum atomic E-state index is 14.0. The molecule has 0 fully saturated rings. The minimum Gasteiger partial charge on any atom is -0.489 e. The van der Waals surface area contributed by atoms with Crippen molar-refractivity contribution in [1.29, 1.82) is 5.26 Å². The lowest BCUT2D eigenvalue weighted by Gasteiger charge is -2.41. The fourth-order valence-corrected chi connectivity index (χ4v) is 5.93. The van der Waals surface area contributed by atoms with E-state index in [1.807, 2.05) is 24.3 Å². The number of benzene rings is 2. The molecule has 0 amide bonds. The fourth-order valence-electron chi connectivity index (χ4n) is 5.93. The Kier molecular flexibility index (Phi) is 5.15. The van der Waals surface area contributed by atoms with Gasteiger partial charge in [-0.25, -0.2) is 19.3 Å². The molecule has 0 saturated heterocycles. The van der Waals surface area contributed by atoms with Crippen molar-refractivity contribution < 1.29 is 14.0 Å². The molecule has 2 aromatic carbocycles. The molecule has 2 aliphatic carbocycles. The fraction of sp³-hybridized carbons (Fsp3) is 0.357. The van der Waals surface area contributed by atoms with Gasteiger partial charge in [0.05, 0.1) is 11.1 Å². The van der Waals surface area contributed by atoms with E-state index in [0.717, 1.165) is 36.1 Å². The van der Waals surface area contributed by atoms with Gasteiger partial charge in [0.15, 0.2) is 0 Å². The summed E-state index contributed by atoms with van der Waals surface area (Å²) in [5, 5.41) is 10.8. The van der Waals surface area contributed by atoms with Gasteiger partial charge in [0.1, 0.15) is 23.7 Å². The molecule has 1 spiro atoms. The Bertz CT molecular complexity index is 1330. The molecule has 6 rings (SSSR count). The van der Waals surface area contributed by atoms with Gasteiger partial charge in [0.2, 0.25) is 11.7 Å². The maximum Gasteiger partial charge on any atom is 0.221 e. The molecule has 6 nitrogen and oxygen atoms in total. The second kappa shape index (κ2) is 8.24. The smallest absolute Gasteiger partial charge is 0.221 e.